The Morgan fingerprint density at radius 2 is 2.15 bits per heavy atom. The molecular formula is C19H17ClN2O4. The molecule has 2 rings (SSSR count). The molecule has 0 aliphatic rings. The Morgan fingerprint density at radius 3 is 2.73 bits per heavy atom. The Hall–Kier alpha value is -3.04. The lowest BCUT2D eigenvalue weighted by atomic mass is 10.0. The summed E-state index contributed by atoms with van der Waals surface area (Å²) in [6.45, 7) is 6.34. The molecule has 134 valence electrons. The van der Waals surface area contributed by atoms with Gasteiger partial charge in [0.1, 0.15) is 17.4 Å². The Morgan fingerprint density at radius 1 is 1.46 bits per heavy atom. The second kappa shape index (κ2) is 7.89. The number of carbonyl (C=O) groups excluding carboxylic acids is 1. The van der Waals surface area contributed by atoms with Gasteiger partial charge in [-0.3, -0.25) is 14.2 Å². The molecule has 1 heterocycles. The minimum Gasteiger partial charge on any atom is -0.494 e. The monoisotopic (exact) mass is 372 g/mol. The van der Waals surface area contributed by atoms with E-state index in [1.807, 2.05) is 0 Å². The van der Waals surface area contributed by atoms with Crippen LogP contribution >= 0.6 is 11.6 Å². The van der Waals surface area contributed by atoms with Crippen LogP contribution in [0.1, 0.15) is 27.0 Å². The topological polar surface area (TPSA) is 92.3 Å². The van der Waals surface area contributed by atoms with E-state index in [1.54, 1.807) is 31.2 Å². The van der Waals surface area contributed by atoms with Crippen LogP contribution in [0.25, 0.3) is 0 Å². The largest absolute Gasteiger partial charge is 0.494 e. The van der Waals surface area contributed by atoms with E-state index in [0.717, 1.165) is 10.1 Å². The maximum atomic E-state index is 12.6. The van der Waals surface area contributed by atoms with Gasteiger partial charge in [0, 0.05) is 11.6 Å². The van der Waals surface area contributed by atoms with Gasteiger partial charge in [-0.1, -0.05) is 17.7 Å². The predicted molar refractivity (Wildman–Crippen MR) is 98.0 cm³/mol. The van der Waals surface area contributed by atoms with Crippen molar-refractivity contribution < 1.29 is 14.6 Å². The molecule has 0 amide bonds. The number of benzene rings is 1. The number of nitriles is 1. The minimum absolute atomic E-state index is 0.0307. The average molecular weight is 373 g/mol. The van der Waals surface area contributed by atoms with Crippen LogP contribution in [0, 0.1) is 25.2 Å². The number of hydrogen-bond donors (Lipinski definition) is 1. The van der Waals surface area contributed by atoms with E-state index in [4.69, 9.17) is 16.3 Å². The lowest BCUT2D eigenvalue weighted by Crippen LogP contribution is -2.27. The summed E-state index contributed by atoms with van der Waals surface area (Å²) in [5.41, 5.74) is -0.115. The summed E-state index contributed by atoms with van der Waals surface area (Å²) in [5, 5.41) is 20.2. The van der Waals surface area contributed by atoms with E-state index in [-0.39, 0.29) is 29.8 Å². The summed E-state index contributed by atoms with van der Waals surface area (Å²) >= 11 is 5.89. The normalized spacial score (nSPS) is 10.2. The maximum absolute atomic E-state index is 12.6. The molecule has 0 saturated heterocycles. The van der Waals surface area contributed by atoms with Crippen LogP contribution in [0.4, 0.5) is 0 Å². The molecule has 0 unspecified atom stereocenters. The zero-order valence-electron chi connectivity index (χ0n) is 14.4. The summed E-state index contributed by atoms with van der Waals surface area (Å²) < 4.78 is 6.44. The zero-order chi connectivity index (χ0) is 19.4. The smallest absolute Gasteiger partial charge is 0.271 e. The molecule has 1 N–H and O–H groups in total. The standard InChI is InChI=1S/C19H17ClN2O4/c1-4-7-22-18(24)14(9-21)12(3)17(19(22)25)15(23)10-26-16-6-5-13(20)8-11(16)2/h4-6,8,25H,1,7,10H2,2-3H3. The van der Waals surface area contributed by atoms with Crippen molar-refractivity contribution in [2.75, 3.05) is 6.61 Å². The summed E-state index contributed by atoms with van der Waals surface area (Å²) in [7, 11) is 0. The molecule has 0 atom stereocenters. The second-order valence-electron chi connectivity index (χ2n) is 5.64. The number of aromatic nitrogens is 1. The average Bonchev–Trinajstić information content (AvgIpc) is 2.58. The van der Waals surface area contributed by atoms with Crippen molar-refractivity contribution >= 4 is 17.4 Å². The third kappa shape index (κ3) is 3.63. The maximum Gasteiger partial charge on any atom is 0.271 e. The van der Waals surface area contributed by atoms with Crippen molar-refractivity contribution in [3.63, 3.8) is 0 Å². The van der Waals surface area contributed by atoms with Crippen molar-refractivity contribution in [1.82, 2.24) is 4.57 Å². The molecule has 0 radical (unpaired) electrons. The first kappa shape index (κ1) is 19.3. The highest BCUT2D eigenvalue weighted by atomic mass is 35.5. The van der Waals surface area contributed by atoms with Crippen molar-refractivity contribution in [1.29, 1.82) is 5.26 Å². The number of hydrogen-bond acceptors (Lipinski definition) is 5. The molecule has 0 aliphatic heterocycles. The van der Waals surface area contributed by atoms with E-state index < -0.39 is 17.2 Å². The highest BCUT2D eigenvalue weighted by molar-refractivity contribution is 6.30. The Balaban J connectivity index is 2.42. The van der Waals surface area contributed by atoms with Gasteiger partial charge in [-0.15, -0.1) is 6.58 Å². The minimum atomic E-state index is -0.673. The lowest BCUT2D eigenvalue weighted by Gasteiger charge is -2.15. The number of halogens is 1. The van der Waals surface area contributed by atoms with Crippen LogP contribution < -0.4 is 10.3 Å². The number of aromatic hydroxyl groups is 1. The summed E-state index contributed by atoms with van der Waals surface area (Å²) in [6, 6.07) is 6.75. The molecule has 1 aromatic carbocycles. The molecule has 6 nitrogen and oxygen atoms in total. The third-order valence-corrected chi connectivity index (χ3v) is 4.12. The molecule has 26 heavy (non-hydrogen) atoms. The number of nitrogens with zero attached hydrogens (tertiary/aromatic N) is 2. The first-order valence-electron chi connectivity index (χ1n) is 7.71. The number of ether oxygens (including phenoxy) is 1. The van der Waals surface area contributed by atoms with Gasteiger partial charge in [0.15, 0.2) is 6.61 Å². The molecule has 0 saturated carbocycles. The highest BCUT2D eigenvalue weighted by Crippen LogP contribution is 2.25. The number of ketones is 1. The SMILES string of the molecule is C=CCn1c(O)c(C(=O)COc2ccc(Cl)cc2C)c(C)c(C#N)c1=O. The van der Waals surface area contributed by atoms with Crippen LogP contribution in [0.3, 0.4) is 0 Å². The fourth-order valence-electron chi connectivity index (χ4n) is 2.57. The van der Waals surface area contributed by atoms with Crippen LogP contribution in [-0.4, -0.2) is 22.1 Å². The molecule has 0 spiro atoms. The van der Waals surface area contributed by atoms with Crippen LogP contribution in [-0.2, 0) is 6.54 Å². The van der Waals surface area contributed by atoms with Gasteiger partial charge in [0.25, 0.3) is 5.56 Å². The van der Waals surface area contributed by atoms with Gasteiger partial charge >= 0.3 is 0 Å². The van der Waals surface area contributed by atoms with Gasteiger partial charge < -0.3 is 9.84 Å². The van der Waals surface area contributed by atoms with Crippen molar-refractivity contribution in [2.45, 2.75) is 20.4 Å². The van der Waals surface area contributed by atoms with Gasteiger partial charge in [0.2, 0.25) is 11.7 Å². The number of aryl methyl sites for hydroxylation is 1. The van der Waals surface area contributed by atoms with E-state index >= 15 is 0 Å². The highest BCUT2D eigenvalue weighted by Gasteiger charge is 2.24. The Bertz CT molecular complexity index is 986. The third-order valence-electron chi connectivity index (χ3n) is 3.89. The summed E-state index contributed by atoms with van der Waals surface area (Å²) in [5.74, 6) is -0.587. The van der Waals surface area contributed by atoms with Crippen LogP contribution in [0.5, 0.6) is 11.6 Å². The Kier molecular flexibility index (Phi) is 5.86. The van der Waals surface area contributed by atoms with Gasteiger partial charge in [-0.05, 0) is 43.2 Å². The fourth-order valence-corrected chi connectivity index (χ4v) is 2.80. The fraction of sp³-hybridized carbons (Fsp3) is 0.211. The molecule has 0 aliphatic carbocycles. The second-order valence-corrected chi connectivity index (χ2v) is 6.07. The first-order valence-corrected chi connectivity index (χ1v) is 8.09. The van der Waals surface area contributed by atoms with E-state index in [1.165, 1.54) is 13.0 Å². The van der Waals surface area contributed by atoms with Crippen molar-refractivity contribution in [3.8, 4) is 17.7 Å². The molecule has 0 fully saturated rings. The number of pyridine rings is 1. The molecule has 2 aromatic rings. The zero-order valence-corrected chi connectivity index (χ0v) is 15.1. The predicted octanol–water partition coefficient (Wildman–Crippen LogP) is 3.14. The Labute approximate surface area is 155 Å². The molecule has 7 heteroatoms. The van der Waals surface area contributed by atoms with Crippen molar-refractivity contribution in [2.24, 2.45) is 0 Å². The molecular weight excluding hydrogens is 356 g/mol. The van der Waals surface area contributed by atoms with Gasteiger partial charge in [-0.25, -0.2) is 0 Å². The number of carbonyl (C=O) groups is 1. The van der Waals surface area contributed by atoms with Gasteiger partial charge in [-0.2, -0.15) is 5.26 Å². The number of rotatable bonds is 6. The van der Waals surface area contributed by atoms with Crippen LogP contribution in [0.15, 0.2) is 35.6 Å². The van der Waals surface area contributed by atoms with Crippen molar-refractivity contribution in [3.05, 3.63) is 68.5 Å². The quantitative estimate of drug-likeness (QED) is 0.621. The number of allylic oxidation sites excluding steroid dienone is 1. The van der Waals surface area contributed by atoms with E-state index in [0.29, 0.717) is 10.8 Å². The number of Topliss-reactive ketones (excluding diaryl/α,β-unsaturated/α-hetero) is 1. The summed E-state index contributed by atoms with van der Waals surface area (Å²) in [4.78, 5) is 24.9. The van der Waals surface area contributed by atoms with Gasteiger partial charge in [0.05, 0.1) is 5.56 Å². The first-order chi connectivity index (χ1) is 12.3. The molecule has 0 bridgehead atoms. The van der Waals surface area contributed by atoms with E-state index in [2.05, 4.69) is 6.58 Å². The van der Waals surface area contributed by atoms with E-state index in [9.17, 15) is 20.0 Å². The summed E-state index contributed by atoms with van der Waals surface area (Å²) in [6.07, 6.45) is 1.39. The molecule has 1 aromatic heterocycles. The van der Waals surface area contributed by atoms with Crippen LogP contribution in [0.2, 0.25) is 5.02 Å². The lowest BCUT2D eigenvalue weighted by molar-refractivity contribution is 0.0916.